The molecule has 1 aromatic heterocycles. The molecule has 7 heteroatoms. The lowest BCUT2D eigenvalue weighted by atomic mass is 9.88. The van der Waals surface area contributed by atoms with E-state index in [4.69, 9.17) is 17.4 Å². The van der Waals surface area contributed by atoms with E-state index in [2.05, 4.69) is 29.3 Å². The average Bonchev–Trinajstić information content (AvgIpc) is 3.13. The van der Waals surface area contributed by atoms with Crippen LogP contribution in [0.3, 0.4) is 0 Å². The molecule has 2 aromatic rings. The maximum atomic E-state index is 12.3. The Kier molecular flexibility index (Phi) is 6.11. The third kappa shape index (κ3) is 5.32. The van der Waals surface area contributed by atoms with Gasteiger partial charge in [-0.15, -0.1) is 0 Å². The smallest absolute Gasteiger partial charge is 0.263 e. The highest BCUT2D eigenvalue weighted by atomic mass is 16.6. The van der Waals surface area contributed by atoms with E-state index in [9.17, 15) is 4.79 Å². The van der Waals surface area contributed by atoms with Crippen LogP contribution in [0.1, 0.15) is 32.3 Å². The van der Waals surface area contributed by atoms with Crippen LogP contribution in [0, 0.1) is 5.92 Å². The number of oxime groups is 1. The summed E-state index contributed by atoms with van der Waals surface area (Å²) in [7, 11) is 5.92. The lowest BCUT2D eigenvalue weighted by molar-refractivity contribution is -0.131. The largest absolute Gasteiger partial charge is 0.439 e. The first-order chi connectivity index (χ1) is 13.0. The molecule has 1 aliphatic rings. The topological polar surface area (TPSA) is 72.8 Å². The third-order valence-corrected chi connectivity index (χ3v) is 4.06. The van der Waals surface area contributed by atoms with Gasteiger partial charge in [0.15, 0.2) is 0 Å². The Bertz CT molecular complexity index is 794. The SMILES string of the molecule is [B][C@H](CC(C)C)NC(=O)C1CC(c2ccc(Oc3ccccn3)cc2)=NO1. The highest BCUT2D eigenvalue weighted by Crippen LogP contribution is 2.22. The molecule has 0 spiro atoms. The van der Waals surface area contributed by atoms with Gasteiger partial charge in [0, 0.05) is 18.7 Å². The molecule has 0 saturated carbocycles. The number of amides is 1. The van der Waals surface area contributed by atoms with Crippen molar-refractivity contribution >= 4 is 19.5 Å². The van der Waals surface area contributed by atoms with Crippen LogP contribution < -0.4 is 10.1 Å². The van der Waals surface area contributed by atoms with Crippen molar-refractivity contribution in [2.45, 2.75) is 38.7 Å². The quantitative estimate of drug-likeness (QED) is 0.768. The molecule has 2 atom stereocenters. The number of hydrogen-bond acceptors (Lipinski definition) is 5. The number of carbonyl (C=O) groups excluding carboxylic acids is 1. The van der Waals surface area contributed by atoms with Crippen molar-refractivity contribution in [2.24, 2.45) is 11.1 Å². The van der Waals surface area contributed by atoms with E-state index in [1.807, 2.05) is 36.4 Å². The lowest BCUT2D eigenvalue weighted by Crippen LogP contribution is -2.42. The van der Waals surface area contributed by atoms with Gasteiger partial charge in [-0.3, -0.25) is 4.79 Å². The zero-order chi connectivity index (χ0) is 19.2. The number of nitrogens with zero attached hydrogens (tertiary/aromatic N) is 2. The number of pyridine rings is 1. The van der Waals surface area contributed by atoms with E-state index in [0.29, 0.717) is 30.4 Å². The predicted octanol–water partition coefficient (Wildman–Crippen LogP) is 3.02. The van der Waals surface area contributed by atoms with Crippen LogP contribution in [-0.4, -0.2) is 36.5 Å². The maximum Gasteiger partial charge on any atom is 0.263 e. The molecule has 0 aliphatic carbocycles. The monoisotopic (exact) mass is 363 g/mol. The Balaban J connectivity index is 1.54. The number of rotatable bonds is 7. The summed E-state index contributed by atoms with van der Waals surface area (Å²) >= 11 is 0. The Morgan fingerprint density at radius 2 is 2.07 bits per heavy atom. The third-order valence-electron chi connectivity index (χ3n) is 4.06. The zero-order valence-electron chi connectivity index (χ0n) is 15.5. The molecule has 1 amide bonds. The number of nitrogens with one attached hydrogen (secondary N) is 1. The van der Waals surface area contributed by atoms with E-state index in [1.54, 1.807) is 12.3 Å². The summed E-state index contributed by atoms with van der Waals surface area (Å²) in [6.07, 6.45) is 2.14. The van der Waals surface area contributed by atoms with Crippen LogP contribution in [-0.2, 0) is 9.63 Å². The first-order valence-corrected chi connectivity index (χ1v) is 8.99. The Morgan fingerprint density at radius 3 is 2.74 bits per heavy atom. The highest BCUT2D eigenvalue weighted by Gasteiger charge is 2.29. The van der Waals surface area contributed by atoms with Crippen LogP contribution in [0.4, 0.5) is 0 Å². The Morgan fingerprint density at radius 1 is 1.30 bits per heavy atom. The minimum Gasteiger partial charge on any atom is -0.439 e. The second kappa shape index (κ2) is 8.71. The van der Waals surface area contributed by atoms with Crippen molar-refractivity contribution in [3.05, 3.63) is 54.2 Å². The summed E-state index contributed by atoms with van der Waals surface area (Å²) in [5, 5.41) is 6.83. The first kappa shape index (κ1) is 19.0. The molecule has 1 aromatic carbocycles. The molecule has 138 valence electrons. The van der Waals surface area contributed by atoms with E-state index in [0.717, 1.165) is 11.3 Å². The molecule has 27 heavy (non-hydrogen) atoms. The number of ether oxygens (including phenoxy) is 1. The van der Waals surface area contributed by atoms with Gasteiger partial charge in [0.05, 0.1) is 13.6 Å². The van der Waals surface area contributed by atoms with Gasteiger partial charge in [-0.2, -0.15) is 0 Å². The van der Waals surface area contributed by atoms with Crippen molar-refractivity contribution in [1.29, 1.82) is 0 Å². The maximum absolute atomic E-state index is 12.3. The van der Waals surface area contributed by atoms with Crippen molar-refractivity contribution in [3.8, 4) is 11.6 Å². The van der Waals surface area contributed by atoms with Crippen molar-refractivity contribution in [1.82, 2.24) is 10.3 Å². The van der Waals surface area contributed by atoms with E-state index in [1.165, 1.54) is 0 Å². The Hall–Kier alpha value is -2.83. The second-order valence-corrected chi connectivity index (χ2v) is 6.88. The second-order valence-electron chi connectivity index (χ2n) is 6.88. The molecule has 2 radical (unpaired) electrons. The van der Waals surface area contributed by atoms with E-state index < -0.39 is 6.10 Å². The summed E-state index contributed by atoms with van der Waals surface area (Å²) in [6, 6.07) is 12.9. The predicted molar refractivity (Wildman–Crippen MR) is 104 cm³/mol. The molecule has 6 nitrogen and oxygen atoms in total. The number of hydrogen-bond donors (Lipinski definition) is 1. The number of aromatic nitrogens is 1. The van der Waals surface area contributed by atoms with Crippen LogP contribution in [0.2, 0.25) is 0 Å². The fourth-order valence-electron chi connectivity index (χ4n) is 2.77. The fourth-order valence-corrected chi connectivity index (χ4v) is 2.77. The van der Waals surface area contributed by atoms with Gasteiger partial charge in [-0.25, -0.2) is 4.98 Å². The normalized spacial score (nSPS) is 17.1. The minimum atomic E-state index is -0.650. The van der Waals surface area contributed by atoms with Gasteiger partial charge in [0.25, 0.3) is 5.91 Å². The minimum absolute atomic E-state index is 0.239. The van der Waals surface area contributed by atoms with Crippen LogP contribution >= 0.6 is 0 Å². The van der Waals surface area contributed by atoms with Crippen LogP contribution in [0.5, 0.6) is 11.6 Å². The molecule has 1 unspecified atom stereocenters. The van der Waals surface area contributed by atoms with Crippen LogP contribution in [0.25, 0.3) is 0 Å². The summed E-state index contributed by atoms with van der Waals surface area (Å²) in [6.45, 7) is 4.11. The Labute approximate surface area is 160 Å². The molecular weight excluding hydrogens is 341 g/mol. The number of carbonyl (C=O) groups is 1. The van der Waals surface area contributed by atoms with Crippen molar-refractivity contribution < 1.29 is 14.4 Å². The molecule has 0 saturated heterocycles. The van der Waals surface area contributed by atoms with Crippen LogP contribution in [0.15, 0.2) is 53.8 Å². The fraction of sp³-hybridized carbons (Fsp3) is 0.350. The van der Waals surface area contributed by atoms with E-state index >= 15 is 0 Å². The summed E-state index contributed by atoms with van der Waals surface area (Å²) in [5.41, 5.74) is 1.60. The average molecular weight is 363 g/mol. The summed E-state index contributed by atoms with van der Waals surface area (Å²) in [4.78, 5) is 21.7. The molecule has 1 aliphatic heterocycles. The molecular formula is C20H22BN3O3. The van der Waals surface area contributed by atoms with Crippen molar-refractivity contribution in [3.63, 3.8) is 0 Å². The summed E-state index contributed by atoms with van der Waals surface area (Å²) in [5.74, 6) is 0.987. The standard InChI is InChI=1S/C20H22BN3O3/c1-13(2)11-18(21)23-20(25)17-12-16(24-27-17)14-6-8-15(9-7-14)26-19-5-3-4-10-22-19/h3-10,13,17-18H,11-12H2,1-2H3,(H,23,25)/t17?,18-/m0/s1. The van der Waals surface area contributed by atoms with Gasteiger partial charge in [0.1, 0.15) is 5.75 Å². The van der Waals surface area contributed by atoms with Gasteiger partial charge in [-0.1, -0.05) is 25.1 Å². The first-order valence-electron chi connectivity index (χ1n) is 8.99. The molecule has 0 bridgehead atoms. The van der Waals surface area contributed by atoms with Gasteiger partial charge in [-0.05, 0) is 54.2 Å². The molecule has 2 heterocycles. The lowest BCUT2D eigenvalue weighted by Gasteiger charge is -2.18. The van der Waals surface area contributed by atoms with Gasteiger partial charge in [0.2, 0.25) is 12.0 Å². The summed E-state index contributed by atoms with van der Waals surface area (Å²) < 4.78 is 5.67. The van der Waals surface area contributed by atoms with Gasteiger partial charge >= 0.3 is 0 Å². The number of benzene rings is 1. The highest BCUT2D eigenvalue weighted by molar-refractivity contribution is 6.13. The molecule has 3 rings (SSSR count). The van der Waals surface area contributed by atoms with Crippen molar-refractivity contribution in [2.75, 3.05) is 0 Å². The van der Waals surface area contributed by atoms with Gasteiger partial charge < -0.3 is 14.9 Å². The molecule has 1 N–H and O–H groups in total. The zero-order valence-corrected chi connectivity index (χ0v) is 15.5. The molecule has 0 fully saturated rings. The van der Waals surface area contributed by atoms with E-state index in [-0.39, 0.29) is 11.8 Å².